The minimum Gasteiger partial charge on any atom is -0.493 e. The van der Waals surface area contributed by atoms with Gasteiger partial charge in [0, 0.05) is 23.6 Å². The minimum absolute atomic E-state index is 0.0618. The van der Waals surface area contributed by atoms with Crippen LogP contribution in [0.5, 0.6) is 11.5 Å². The summed E-state index contributed by atoms with van der Waals surface area (Å²) in [7, 11) is 0. The van der Waals surface area contributed by atoms with Crippen molar-refractivity contribution in [2.45, 2.75) is 26.4 Å². The van der Waals surface area contributed by atoms with E-state index in [4.69, 9.17) is 21.7 Å². The summed E-state index contributed by atoms with van der Waals surface area (Å²) < 4.78 is 25.1. The molecule has 6 nitrogen and oxygen atoms in total. The Hall–Kier alpha value is -3.13. The number of para-hydroxylation sites is 1. The van der Waals surface area contributed by atoms with Crippen molar-refractivity contribution in [1.29, 1.82) is 0 Å². The Morgan fingerprint density at radius 3 is 2.90 bits per heavy atom. The fraction of sp³-hybridized carbons (Fsp3) is 0.238. The second-order valence-corrected chi connectivity index (χ2v) is 6.85. The number of nitrogens with one attached hydrogen (secondary N) is 3. The summed E-state index contributed by atoms with van der Waals surface area (Å²) in [5, 5.41) is 2.73. The zero-order valence-electron chi connectivity index (χ0n) is 16.1. The second-order valence-electron chi connectivity index (χ2n) is 6.44. The van der Waals surface area contributed by atoms with Crippen molar-refractivity contribution < 1.29 is 18.7 Å². The maximum atomic E-state index is 13.6. The van der Waals surface area contributed by atoms with Crippen molar-refractivity contribution in [1.82, 2.24) is 10.9 Å². The van der Waals surface area contributed by atoms with Gasteiger partial charge in [0.1, 0.15) is 23.4 Å². The van der Waals surface area contributed by atoms with Crippen LogP contribution in [0.1, 0.15) is 25.0 Å². The molecule has 1 amide bonds. The number of carbonyl (C=O) groups is 1. The van der Waals surface area contributed by atoms with E-state index in [0.29, 0.717) is 12.4 Å². The molecular formula is C21H22FN3O3S. The first-order valence-corrected chi connectivity index (χ1v) is 9.63. The van der Waals surface area contributed by atoms with Crippen LogP contribution in [0, 0.1) is 5.82 Å². The molecule has 0 aromatic heterocycles. The van der Waals surface area contributed by atoms with Gasteiger partial charge in [-0.15, -0.1) is 0 Å². The lowest BCUT2D eigenvalue weighted by Gasteiger charge is -2.11. The van der Waals surface area contributed by atoms with Gasteiger partial charge in [-0.2, -0.15) is 0 Å². The third-order valence-electron chi connectivity index (χ3n) is 4.16. The van der Waals surface area contributed by atoms with Crippen molar-refractivity contribution in [3.05, 3.63) is 59.4 Å². The molecule has 8 heteroatoms. The highest BCUT2D eigenvalue weighted by Gasteiger charge is 2.21. The number of carbonyl (C=O) groups excluding carboxylic acids is 1. The van der Waals surface area contributed by atoms with Gasteiger partial charge >= 0.3 is 0 Å². The Kier molecular flexibility index (Phi) is 6.66. The monoisotopic (exact) mass is 415 g/mol. The van der Waals surface area contributed by atoms with Gasteiger partial charge in [-0.25, -0.2) is 4.39 Å². The quantitative estimate of drug-likeness (QED) is 0.394. The molecule has 3 N–H and O–H groups in total. The number of fused-ring (bicyclic) bond motifs is 1. The normalized spacial score (nSPS) is 14.8. The van der Waals surface area contributed by atoms with E-state index >= 15 is 0 Å². The van der Waals surface area contributed by atoms with Crippen LogP contribution in [0.4, 0.5) is 10.1 Å². The van der Waals surface area contributed by atoms with Crippen molar-refractivity contribution in [3.8, 4) is 11.5 Å². The molecule has 0 spiro atoms. The zero-order chi connectivity index (χ0) is 20.8. The van der Waals surface area contributed by atoms with E-state index in [1.807, 2.05) is 26.0 Å². The minimum atomic E-state index is -0.445. The molecule has 1 heterocycles. The lowest BCUT2D eigenvalue weighted by molar-refractivity contribution is -0.116. The van der Waals surface area contributed by atoms with Gasteiger partial charge in [0.25, 0.3) is 5.91 Å². The van der Waals surface area contributed by atoms with E-state index in [0.717, 1.165) is 23.3 Å². The fourth-order valence-corrected chi connectivity index (χ4v) is 3.07. The first-order chi connectivity index (χ1) is 14.0. The van der Waals surface area contributed by atoms with Crippen molar-refractivity contribution in [2.24, 2.45) is 0 Å². The average molecular weight is 415 g/mol. The summed E-state index contributed by atoms with van der Waals surface area (Å²) in [6.07, 6.45) is 3.94. The number of benzene rings is 2. The molecule has 0 fully saturated rings. The number of rotatable bonds is 5. The fourth-order valence-electron chi connectivity index (χ4n) is 2.91. The predicted molar refractivity (Wildman–Crippen MR) is 114 cm³/mol. The molecular weight excluding hydrogens is 393 g/mol. The molecule has 2 aromatic rings. The lowest BCUT2D eigenvalue weighted by Crippen LogP contribution is -2.43. The van der Waals surface area contributed by atoms with Gasteiger partial charge in [0.2, 0.25) is 0 Å². The average Bonchev–Trinajstić information content (AvgIpc) is 3.05. The maximum absolute atomic E-state index is 13.6. The Morgan fingerprint density at radius 1 is 1.34 bits per heavy atom. The molecule has 0 saturated carbocycles. The predicted octanol–water partition coefficient (Wildman–Crippen LogP) is 3.58. The standard InChI is InChI=1S/C21H22FN3O3S/c1-3-27-18-12-15-10-13(2)28-19(15)11-14(18)8-9-20(26)24-25-21(29)23-17-7-5-4-6-16(17)22/h4-9,11-13H,3,10H2,1-2H3,(H,24,26)(H2,23,25,29)/b9-8+/t13-/m1/s1. The van der Waals surface area contributed by atoms with E-state index in [9.17, 15) is 9.18 Å². The Bertz CT molecular complexity index is 949. The Labute approximate surface area is 174 Å². The van der Waals surface area contributed by atoms with Crippen molar-refractivity contribution in [3.63, 3.8) is 0 Å². The number of hydrogen-bond donors (Lipinski definition) is 3. The zero-order valence-corrected chi connectivity index (χ0v) is 16.9. The summed E-state index contributed by atoms with van der Waals surface area (Å²) in [6, 6.07) is 9.91. The van der Waals surface area contributed by atoms with Crippen molar-refractivity contribution in [2.75, 3.05) is 11.9 Å². The van der Waals surface area contributed by atoms with Gasteiger partial charge in [0.15, 0.2) is 5.11 Å². The molecule has 152 valence electrons. The summed E-state index contributed by atoms with van der Waals surface area (Å²) in [4.78, 5) is 12.1. The molecule has 1 aliphatic rings. The molecule has 0 bridgehead atoms. The molecule has 1 atom stereocenters. The van der Waals surface area contributed by atoms with Crippen molar-refractivity contribution >= 4 is 35.0 Å². The number of halogens is 1. The van der Waals surface area contributed by atoms with Crippen LogP contribution < -0.4 is 25.6 Å². The molecule has 0 radical (unpaired) electrons. The third kappa shape index (κ3) is 5.45. The molecule has 1 aliphatic heterocycles. The van der Waals surface area contributed by atoms with Crippen LogP contribution in [-0.4, -0.2) is 23.7 Å². The molecule has 29 heavy (non-hydrogen) atoms. The SMILES string of the molecule is CCOc1cc2c(cc1/C=C/C(=O)NNC(=S)Nc1ccccc1F)O[C@H](C)C2. The van der Waals surface area contributed by atoms with Crippen LogP contribution in [0.15, 0.2) is 42.5 Å². The summed E-state index contributed by atoms with van der Waals surface area (Å²) >= 11 is 5.05. The number of anilines is 1. The van der Waals surface area contributed by atoms with Crippen LogP contribution in [0.3, 0.4) is 0 Å². The van der Waals surface area contributed by atoms with Crippen LogP contribution in [0.25, 0.3) is 6.08 Å². The second kappa shape index (κ2) is 9.38. The smallest absolute Gasteiger partial charge is 0.262 e. The molecule has 0 unspecified atom stereocenters. The van der Waals surface area contributed by atoms with Crippen LogP contribution in [-0.2, 0) is 11.2 Å². The van der Waals surface area contributed by atoms with E-state index < -0.39 is 11.7 Å². The van der Waals surface area contributed by atoms with Gasteiger partial charge in [-0.3, -0.25) is 15.6 Å². The van der Waals surface area contributed by atoms with E-state index in [2.05, 4.69) is 16.2 Å². The molecule has 2 aromatic carbocycles. The third-order valence-corrected chi connectivity index (χ3v) is 4.37. The Morgan fingerprint density at radius 2 is 2.14 bits per heavy atom. The number of ether oxygens (including phenoxy) is 2. The van der Waals surface area contributed by atoms with Gasteiger partial charge in [-0.05, 0) is 56.4 Å². The Balaban J connectivity index is 1.60. The summed E-state index contributed by atoms with van der Waals surface area (Å²) in [6.45, 7) is 4.42. The topological polar surface area (TPSA) is 71.6 Å². The number of thiocarbonyl (C=S) groups is 1. The number of hydrogen-bond acceptors (Lipinski definition) is 4. The van der Waals surface area contributed by atoms with Gasteiger partial charge in [-0.1, -0.05) is 12.1 Å². The number of hydrazine groups is 1. The van der Waals surface area contributed by atoms with E-state index in [-0.39, 0.29) is 16.9 Å². The first kappa shape index (κ1) is 20.6. The van der Waals surface area contributed by atoms with Crippen LogP contribution in [0.2, 0.25) is 0 Å². The lowest BCUT2D eigenvalue weighted by atomic mass is 10.1. The summed E-state index contributed by atoms with van der Waals surface area (Å²) in [5.41, 5.74) is 7.00. The molecule has 0 saturated heterocycles. The van der Waals surface area contributed by atoms with Gasteiger partial charge in [0.05, 0.1) is 12.3 Å². The van der Waals surface area contributed by atoms with E-state index in [1.165, 1.54) is 18.2 Å². The van der Waals surface area contributed by atoms with Crippen LogP contribution >= 0.6 is 12.2 Å². The first-order valence-electron chi connectivity index (χ1n) is 9.22. The summed E-state index contributed by atoms with van der Waals surface area (Å²) in [5.74, 6) is 0.617. The highest BCUT2D eigenvalue weighted by atomic mass is 32.1. The highest BCUT2D eigenvalue weighted by molar-refractivity contribution is 7.80. The van der Waals surface area contributed by atoms with E-state index in [1.54, 1.807) is 18.2 Å². The largest absolute Gasteiger partial charge is 0.493 e. The molecule has 3 rings (SSSR count). The maximum Gasteiger partial charge on any atom is 0.262 e. The number of amides is 1. The van der Waals surface area contributed by atoms with Gasteiger partial charge < -0.3 is 14.8 Å². The molecule has 0 aliphatic carbocycles. The highest BCUT2D eigenvalue weighted by Crippen LogP contribution is 2.35.